The third-order valence-corrected chi connectivity index (χ3v) is 6.56. The highest BCUT2D eigenvalue weighted by Crippen LogP contribution is 2.25. The Morgan fingerprint density at radius 3 is 1.72 bits per heavy atom. The summed E-state index contributed by atoms with van der Waals surface area (Å²) >= 11 is 0. The Bertz CT molecular complexity index is 1490. The Balaban J connectivity index is 1.32. The van der Waals surface area contributed by atoms with Gasteiger partial charge in [0.1, 0.15) is 17.2 Å². The summed E-state index contributed by atoms with van der Waals surface area (Å²) < 4.78 is 26.6. The number of hydrogen-bond acceptors (Lipinski definition) is 9. The van der Waals surface area contributed by atoms with Crippen LogP contribution in [-0.4, -0.2) is 43.7 Å². The molecule has 0 spiro atoms. The van der Waals surface area contributed by atoms with E-state index in [0.29, 0.717) is 54.4 Å². The first kappa shape index (κ1) is 35.3. The van der Waals surface area contributed by atoms with E-state index in [1.165, 1.54) is 0 Å². The van der Waals surface area contributed by atoms with E-state index >= 15 is 0 Å². The number of benzene rings is 3. The van der Waals surface area contributed by atoms with Crippen LogP contribution >= 0.6 is 0 Å². The third-order valence-electron chi connectivity index (χ3n) is 6.56. The van der Waals surface area contributed by atoms with Gasteiger partial charge in [0.2, 0.25) is 0 Å². The van der Waals surface area contributed by atoms with Crippen molar-refractivity contribution in [3.05, 3.63) is 103 Å². The molecular formula is C37H40O9. The lowest BCUT2D eigenvalue weighted by molar-refractivity contribution is -0.146. The Kier molecular flexibility index (Phi) is 14.3. The van der Waals surface area contributed by atoms with Crippen molar-refractivity contribution in [3.63, 3.8) is 0 Å². The minimum atomic E-state index is -0.577. The maximum absolute atomic E-state index is 12.6. The summed E-state index contributed by atoms with van der Waals surface area (Å²) in [4.78, 5) is 47.8. The molecule has 0 fully saturated rings. The molecule has 0 aromatic heterocycles. The molecule has 0 radical (unpaired) electrons. The van der Waals surface area contributed by atoms with Crippen LogP contribution in [-0.2, 0) is 23.9 Å². The van der Waals surface area contributed by atoms with Crippen molar-refractivity contribution >= 4 is 23.9 Å². The van der Waals surface area contributed by atoms with E-state index in [-0.39, 0.29) is 18.6 Å². The predicted octanol–water partition coefficient (Wildman–Crippen LogP) is 7.44. The van der Waals surface area contributed by atoms with Crippen molar-refractivity contribution in [2.24, 2.45) is 0 Å². The number of rotatable bonds is 18. The largest absolute Gasteiger partial charge is 0.494 e. The van der Waals surface area contributed by atoms with E-state index in [1.807, 2.05) is 31.2 Å². The zero-order chi connectivity index (χ0) is 33.3. The number of unbranched alkanes of at least 4 members (excludes halogenated alkanes) is 3. The average Bonchev–Trinajstić information content (AvgIpc) is 3.05. The van der Waals surface area contributed by atoms with Gasteiger partial charge in [0, 0.05) is 11.1 Å². The zero-order valence-electron chi connectivity index (χ0n) is 26.4. The van der Waals surface area contributed by atoms with Gasteiger partial charge < -0.3 is 23.7 Å². The summed E-state index contributed by atoms with van der Waals surface area (Å²) in [6, 6.07) is 21.0. The van der Waals surface area contributed by atoms with Crippen molar-refractivity contribution in [3.8, 4) is 28.4 Å². The minimum absolute atomic E-state index is 0.0912. The van der Waals surface area contributed by atoms with Crippen LogP contribution in [0.1, 0.15) is 62.7 Å². The number of hydrogen-bond donors (Lipinski definition) is 0. The van der Waals surface area contributed by atoms with Gasteiger partial charge in [-0.25, -0.2) is 14.4 Å². The number of ether oxygens (including phenoxy) is 5. The average molecular weight is 629 g/mol. The van der Waals surface area contributed by atoms with Gasteiger partial charge in [-0.05, 0) is 98.7 Å². The van der Waals surface area contributed by atoms with Gasteiger partial charge in [-0.1, -0.05) is 44.3 Å². The first-order valence-electron chi connectivity index (χ1n) is 15.2. The van der Waals surface area contributed by atoms with Crippen LogP contribution in [0.15, 0.2) is 97.1 Å². The molecule has 0 atom stereocenters. The lowest BCUT2D eigenvalue weighted by atomic mass is 10.1. The van der Waals surface area contributed by atoms with Gasteiger partial charge in [0.25, 0.3) is 0 Å². The van der Waals surface area contributed by atoms with Crippen LogP contribution < -0.4 is 14.2 Å². The van der Waals surface area contributed by atoms with E-state index in [9.17, 15) is 19.2 Å². The van der Waals surface area contributed by atoms with Crippen LogP contribution in [0.25, 0.3) is 11.1 Å². The minimum Gasteiger partial charge on any atom is -0.494 e. The molecule has 0 unspecified atom stereocenters. The van der Waals surface area contributed by atoms with Gasteiger partial charge in [-0.2, -0.15) is 0 Å². The molecule has 0 bridgehead atoms. The smallest absolute Gasteiger partial charge is 0.343 e. The summed E-state index contributed by atoms with van der Waals surface area (Å²) in [5.74, 6) is -0.530. The normalized spacial score (nSPS) is 10.4. The van der Waals surface area contributed by atoms with Gasteiger partial charge in [-0.3, -0.25) is 4.79 Å². The highest BCUT2D eigenvalue weighted by molar-refractivity contribution is 5.93. The fraction of sp³-hybridized carbons (Fsp3) is 0.297. The number of carbonyl (C=O) groups is 4. The summed E-state index contributed by atoms with van der Waals surface area (Å²) in [6.07, 6.45) is 3.81. The molecule has 46 heavy (non-hydrogen) atoms. The van der Waals surface area contributed by atoms with Crippen molar-refractivity contribution in [1.29, 1.82) is 0 Å². The molecule has 3 aromatic rings. The van der Waals surface area contributed by atoms with Crippen LogP contribution in [0.5, 0.6) is 17.2 Å². The second kappa shape index (κ2) is 18.6. The Morgan fingerprint density at radius 2 is 1.15 bits per heavy atom. The SMILES string of the molecule is C=C(C)C(=O)Oc1ccc(-c2ccc(OC(=O)c3ccc(OCCCCCCOC(=O)C(=C)CC(=O)OCCC)cc3)cc2)cc1. The zero-order valence-corrected chi connectivity index (χ0v) is 26.4. The van der Waals surface area contributed by atoms with Gasteiger partial charge in [-0.15, -0.1) is 0 Å². The maximum Gasteiger partial charge on any atom is 0.343 e. The van der Waals surface area contributed by atoms with E-state index in [2.05, 4.69) is 13.2 Å². The highest BCUT2D eigenvalue weighted by atomic mass is 16.5. The molecule has 9 heteroatoms. The van der Waals surface area contributed by atoms with E-state index in [4.69, 9.17) is 23.7 Å². The molecule has 0 saturated heterocycles. The molecule has 0 aliphatic heterocycles. The lowest BCUT2D eigenvalue weighted by Crippen LogP contribution is -2.13. The van der Waals surface area contributed by atoms with Crippen LogP contribution in [0.2, 0.25) is 0 Å². The predicted molar refractivity (Wildman–Crippen MR) is 174 cm³/mol. The first-order valence-corrected chi connectivity index (χ1v) is 15.2. The summed E-state index contributed by atoms with van der Waals surface area (Å²) in [5.41, 5.74) is 2.63. The molecule has 3 aromatic carbocycles. The molecule has 0 aliphatic rings. The maximum atomic E-state index is 12.6. The lowest BCUT2D eigenvalue weighted by Gasteiger charge is -2.09. The van der Waals surface area contributed by atoms with Gasteiger partial charge in [0.15, 0.2) is 0 Å². The highest BCUT2D eigenvalue weighted by Gasteiger charge is 2.14. The molecule has 9 nitrogen and oxygen atoms in total. The van der Waals surface area contributed by atoms with E-state index in [0.717, 1.165) is 30.4 Å². The standard InChI is InChI=1S/C37H40O9/c1-5-22-43-34(38)25-27(4)36(40)44-24-9-7-6-8-23-42-31-16-14-30(15-17-31)37(41)46-33-20-12-29(13-21-33)28-10-18-32(19-11-28)45-35(39)26(2)3/h10-21H,2,4-9,22-25H2,1,3H3. The monoisotopic (exact) mass is 628 g/mol. The van der Waals surface area contributed by atoms with Crippen LogP contribution in [0.3, 0.4) is 0 Å². The third kappa shape index (κ3) is 12.1. The van der Waals surface area contributed by atoms with Gasteiger partial charge >= 0.3 is 23.9 Å². The molecule has 242 valence electrons. The Morgan fingerprint density at radius 1 is 0.609 bits per heavy atom. The number of carbonyl (C=O) groups excluding carboxylic acids is 4. The fourth-order valence-corrected chi connectivity index (χ4v) is 4.01. The molecule has 0 saturated carbocycles. The number of esters is 4. The molecule has 3 rings (SSSR count). The Hall–Kier alpha value is -5.18. The molecular weight excluding hydrogens is 588 g/mol. The first-order chi connectivity index (χ1) is 22.2. The summed E-state index contributed by atoms with van der Waals surface area (Å²) in [7, 11) is 0. The molecule has 0 amide bonds. The second-order valence-corrected chi connectivity index (χ2v) is 10.5. The van der Waals surface area contributed by atoms with Crippen molar-refractivity contribution < 1.29 is 42.9 Å². The molecule has 0 heterocycles. The second-order valence-electron chi connectivity index (χ2n) is 10.5. The van der Waals surface area contributed by atoms with Crippen LogP contribution in [0.4, 0.5) is 0 Å². The van der Waals surface area contributed by atoms with E-state index in [1.54, 1.807) is 55.5 Å². The van der Waals surface area contributed by atoms with E-state index < -0.39 is 23.9 Å². The topological polar surface area (TPSA) is 114 Å². The quantitative estimate of drug-likeness (QED) is 0.0614. The Labute approximate surface area is 269 Å². The van der Waals surface area contributed by atoms with Crippen molar-refractivity contribution in [2.45, 2.75) is 52.4 Å². The molecule has 0 N–H and O–H groups in total. The van der Waals surface area contributed by atoms with Crippen LogP contribution in [0, 0.1) is 0 Å². The summed E-state index contributed by atoms with van der Waals surface area (Å²) in [6.45, 7) is 11.7. The van der Waals surface area contributed by atoms with Crippen molar-refractivity contribution in [2.75, 3.05) is 19.8 Å². The molecule has 0 aliphatic carbocycles. The van der Waals surface area contributed by atoms with Crippen molar-refractivity contribution in [1.82, 2.24) is 0 Å². The summed E-state index contributed by atoms with van der Waals surface area (Å²) in [5, 5.41) is 0. The van der Waals surface area contributed by atoms with Gasteiger partial charge in [0.05, 0.1) is 31.8 Å². The fourth-order valence-electron chi connectivity index (χ4n) is 4.01.